The number of hydrogen-bond donors (Lipinski definition) is 1. The second-order valence-electron chi connectivity index (χ2n) is 6.77. The molecule has 2 aromatic carbocycles. The number of nitrogens with one attached hydrogen (secondary N) is 1. The number of fused-ring (bicyclic) bond motifs is 1. The Morgan fingerprint density at radius 1 is 1.00 bits per heavy atom. The lowest BCUT2D eigenvalue weighted by Gasteiger charge is -2.11. The van der Waals surface area contributed by atoms with Crippen molar-refractivity contribution >= 4 is 28.1 Å². The highest BCUT2D eigenvalue weighted by atomic mass is 16.6. The summed E-state index contributed by atoms with van der Waals surface area (Å²) in [6.07, 6.45) is 3.35. The SMILES string of the molecule is Cc1ncc(Nc2cc(COc3ccc([N+](=O)[O-])c4ccccc34)ccn2)nc1C. The Morgan fingerprint density at radius 3 is 2.57 bits per heavy atom. The molecule has 0 aliphatic heterocycles. The van der Waals surface area contributed by atoms with Crippen molar-refractivity contribution in [1.82, 2.24) is 15.0 Å². The predicted molar refractivity (Wildman–Crippen MR) is 114 cm³/mol. The third-order valence-corrected chi connectivity index (χ3v) is 4.72. The molecule has 1 N–H and O–H groups in total. The van der Waals surface area contributed by atoms with Gasteiger partial charge >= 0.3 is 0 Å². The lowest BCUT2D eigenvalue weighted by molar-refractivity contribution is -0.383. The van der Waals surface area contributed by atoms with Gasteiger partial charge in [0.15, 0.2) is 0 Å². The van der Waals surface area contributed by atoms with Crippen LogP contribution in [0, 0.1) is 24.0 Å². The van der Waals surface area contributed by atoms with Gasteiger partial charge in [0.05, 0.1) is 27.9 Å². The molecule has 4 aromatic rings. The maximum Gasteiger partial charge on any atom is 0.277 e. The molecule has 2 aromatic heterocycles. The Bertz CT molecular complexity index is 1240. The van der Waals surface area contributed by atoms with Crippen LogP contribution in [-0.4, -0.2) is 19.9 Å². The summed E-state index contributed by atoms with van der Waals surface area (Å²) in [7, 11) is 0. The van der Waals surface area contributed by atoms with Crippen molar-refractivity contribution < 1.29 is 9.66 Å². The van der Waals surface area contributed by atoms with Gasteiger partial charge in [-0.1, -0.05) is 18.2 Å². The molecule has 2 heterocycles. The van der Waals surface area contributed by atoms with Gasteiger partial charge in [-0.3, -0.25) is 15.1 Å². The number of non-ortho nitro benzene ring substituents is 1. The highest BCUT2D eigenvalue weighted by molar-refractivity contribution is 5.95. The van der Waals surface area contributed by atoms with E-state index in [-0.39, 0.29) is 17.2 Å². The number of pyridine rings is 1. The Hall–Kier alpha value is -4.07. The fraction of sp³-hybridized carbons (Fsp3) is 0.136. The minimum Gasteiger partial charge on any atom is -0.488 e. The summed E-state index contributed by atoms with van der Waals surface area (Å²) >= 11 is 0. The molecule has 0 unspecified atom stereocenters. The number of nitro benzene ring substituents is 1. The molecular formula is C22H19N5O3. The normalized spacial score (nSPS) is 10.7. The van der Waals surface area contributed by atoms with Crippen LogP contribution in [0.2, 0.25) is 0 Å². The number of hydrogen-bond acceptors (Lipinski definition) is 7. The van der Waals surface area contributed by atoms with E-state index in [0.29, 0.717) is 28.2 Å². The molecule has 0 fully saturated rings. The van der Waals surface area contributed by atoms with E-state index < -0.39 is 0 Å². The highest BCUT2D eigenvalue weighted by Crippen LogP contribution is 2.33. The summed E-state index contributed by atoms with van der Waals surface area (Å²) in [5, 5.41) is 15.7. The molecule has 0 atom stereocenters. The standard InChI is InChI=1S/C22H19N5O3/c1-14-15(2)25-22(12-24-14)26-21-11-16(9-10-23-21)13-30-20-8-7-19(27(28)29)17-5-3-4-6-18(17)20/h3-12H,13H2,1-2H3,(H,23,25,26). The van der Waals surface area contributed by atoms with Crippen LogP contribution in [0.5, 0.6) is 5.75 Å². The quantitative estimate of drug-likeness (QED) is 0.363. The smallest absolute Gasteiger partial charge is 0.277 e. The van der Waals surface area contributed by atoms with E-state index in [1.54, 1.807) is 30.6 Å². The first-order valence-electron chi connectivity index (χ1n) is 9.32. The molecule has 4 rings (SSSR count). The lowest BCUT2D eigenvalue weighted by atomic mass is 10.1. The number of aromatic nitrogens is 3. The van der Waals surface area contributed by atoms with Gasteiger partial charge in [0.1, 0.15) is 24.0 Å². The van der Waals surface area contributed by atoms with E-state index >= 15 is 0 Å². The van der Waals surface area contributed by atoms with Crippen molar-refractivity contribution in [2.24, 2.45) is 0 Å². The van der Waals surface area contributed by atoms with Crippen LogP contribution in [0.1, 0.15) is 17.0 Å². The topological polar surface area (TPSA) is 103 Å². The third kappa shape index (κ3) is 4.02. The van der Waals surface area contributed by atoms with Crippen molar-refractivity contribution in [1.29, 1.82) is 0 Å². The third-order valence-electron chi connectivity index (χ3n) is 4.72. The Balaban J connectivity index is 1.53. The maximum atomic E-state index is 11.3. The van der Waals surface area contributed by atoms with Crippen molar-refractivity contribution in [3.05, 3.63) is 88.0 Å². The molecule has 0 amide bonds. The van der Waals surface area contributed by atoms with Gasteiger partial charge in [-0.25, -0.2) is 9.97 Å². The number of nitrogens with zero attached hydrogens (tertiary/aromatic N) is 4. The number of anilines is 2. The molecule has 30 heavy (non-hydrogen) atoms. The largest absolute Gasteiger partial charge is 0.488 e. The molecule has 0 radical (unpaired) electrons. The molecular weight excluding hydrogens is 382 g/mol. The van der Waals surface area contributed by atoms with Gasteiger partial charge in [0.25, 0.3) is 5.69 Å². The fourth-order valence-corrected chi connectivity index (χ4v) is 3.07. The van der Waals surface area contributed by atoms with Gasteiger partial charge in [0.2, 0.25) is 0 Å². The molecule has 0 aliphatic rings. The molecule has 8 nitrogen and oxygen atoms in total. The van der Waals surface area contributed by atoms with Crippen molar-refractivity contribution in [2.45, 2.75) is 20.5 Å². The lowest BCUT2D eigenvalue weighted by Crippen LogP contribution is -2.02. The monoisotopic (exact) mass is 401 g/mol. The minimum absolute atomic E-state index is 0.0582. The van der Waals surface area contributed by atoms with Crippen LogP contribution < -0.4 is 10.1 Å². The second-order valence-corrected chi connectivity index (χ2v) is 6.77. The van der Waals surface area contributed by atoms with E-state index in [9.17, 15) is 10.1 Å². The second kappa shape index (κ2) is 8.12. The van der Waals surface area contributed by atoms with E-state index in [4.69, 9.17) is 4.74 Å². The van der Waals surface area contributed by atoms with E-state index in [0.717, 1.165) is 17.0 Å². The summed E-state index contributed by atoms with van der Waals surface area (Å²) < 4.78 is 5.97. The fourth-order valence-electron chi connectivity index (χ4n) is 3.07. The van der Waals surface area contributed by atoms with Crippen LogP contribution >= 0.6 is 0 Å². The van der Waals surface area contributed by atoms with Gasteiger partial charge < -0.3 is 10.1 Å². The van der Waals surface area contributed by atoms with E-state index in [2.05, 4.69) is 20.3 Å². The van der Waals surface area contributed by atoms with Crippen LogP contribution in [0.25, 0.3) is 10.8 Å². The predicted octanol–water partition coefficient (Wildman–Crippen LogP) is 4.87. The first-order valence-corrected chi connectivity index (χ1v) is 9.32. The van der Waals surface area contributed by atoms with Crippen LogP contribution in [0.15, 0.2) is 60.9 Å². The molecule has 8 heteroatoms. The molecule has 0 saturated heterocycles. The molecule has 0 saturated carbocycles. The summed E-state index contributed by atoms with van der Waals surface area (Å²) in [5.74, 6) is 1.83. The van der Waals surface area contributed by atoms with E-state index in [1.165, 1.54) is 6.07 Å². The van der Waals surface area contributed by atoms with Gasteiger partial charge in [-0.2, -0.15) is 0 Å². The van der Waals surface area contributed by atoms with Crippen LogP contribution in [-0.2, 0) is 6.61 Å². The summed E-state index contributed by atoms with van der Waals surface area (Å²) in [5.41, 5.74) is 2.69. The maximum absolute atomic E-state index is 11.3. The number of rotatable bonds is 6. The first kappa shape index (κ1) is 19.3. The first-order chi connectivity index (χ1) is 14.5. The number of ether oxygens (including phenoxy) is 1. The van der Waals surface area contributed by atoms with Crippen LogP contribution in [0.4, 0.5) is 17.3 Å². The Labute approximate surface area is 172 Å². The molecule has 0 spiro atoms. The molecule has 0 aliphatic carbocycles. The number of aryl methyl sites for hydroxylation is 2. The number of benzene rings is 2. The van der Waals surface area contributed by atoms with E-state index in [1.807, 2.05) is 38.1 Å². The zero-order valence-corrected chi connectivity index (χ0v) is 16.5. The van der Waals surface area contributed by atoms with Crippen LogP contribution in [0.3, 0.4) is 0 Å². The van der Waals surface area contributed by atoms with Crippen molar-refractivity contribution in [2.75, 3.05) is 5.32 Å². The van der Waals surface area contributed by atoms with Gasteiger partial charge in [-0.05, 0) is 43.7 Å². The Kier molecular flexibility index (Phi) is 5.21. The Morgan fingerprint density at radius 2 is 1.80 bits per heavy atom. The summed E-state index contributed by atoms with van der Waals surface area (Å²) in [4.78, 5) is 23.9. The van der Waals surface area contributed by atoms with Gasteiger partial charge in [0, 0.05) is 17.6 Å². The summed E-state index contributed by atoms with van der Waals surface area (Å²) in [6.45, 7) is 4.10. The molecule has 0 bridgehead atoms. The zero-order chi connectivity index (χ0) is 21.1. The molecule has 150 valence electrons. The van der Waals surface area contributed by atoms with Crippen molar-refractivity contribution in [3.63, 3.8) is 0 Å². The average Bonchev–Trinajstić information content (AvgIpc) is 2.74. The number of nitro groups is 1. The van der Waals surface area contributed by atoms with Crippen molar-refractivity contribution in [3.8, 4) is 5.75 Å². The average molecular weight is 401 g/mol. The minimum atomic E-state index is -0.386. The summed E-state index contributed by atoms with van der Waals surface area (Å²) in [6, 6.07) is 14.0. The highest BCUT2D eigenvalue weighted by Gasteiger charge is 2.14. The zero-order valence-electron chi connectivity index (χ0n) is 16.5. The van der Waals surface area contributed by atoms with Gasteiger partial charge in [-0.15, -0.1) is 0 Å².